The molecular formula is C24H21NO4S. The smallest absolute Gasteiger partial charge is 0.337 e. The van der Waals surface area contributed by atoms with E-state index in [2.05, 4.69) is 30.1 Å². The molecule has 4 rings (SSSR count). The highest BCUT2D eigenvalue weighted by atomic mass is 32.1. The lowest BCUT2D eigenvalue weighted by molar-refractivity contribution is 0.0601. The Kier molecular flexibility index (Phi) is 5.42. The van der Waals surface area contributed by atoms with Gasteiger partial charge in [-0.3, -0.25) is 0 Å². The number of ether oxygens (including phenoxy) is 2. The second-order valence-electron chi connectivity index (χ2n) is 6.97. The second-order valence-corrected chi connectivity index (χ2v) is 8.00. The molecule has 6 heteroatoms. The van der Waals surface area contributed by atoms with Crippen molar-refractivity contribution in [2.45, 2.75) is 12.8 Å². The minimum absolute atomic E-state index is 0.00167. The maximum Gasteiger partial charge on any atom is 0.337 e. The first-order valence-electron chi connectivity index (χ1n) is 9.46. The zero-order valence-corrected chi connectivity index (χ0v) is 17.7. The minimum Gasteiger partial charge on any atom is -0.497 e. The molecule has 0 saturated carbocycles. The molecule has 0 bridgehead atoms. The average Bonchev–Trinajstić information content (AvgIpc) is 3.18. The predicted octanol–water partition coefficient (Wildman–Crippen LogP) is 5.62. The van der Waals surface area contributed by atoms with Crippen LogP contribution in [0.15, 0.2) is 60.7 Å². The van der Waals surface area contributed by atoms with Gasteiger partial charge in [-0.2, -0.15) is 0 Å². The molecule has 1 atom stereocenters. The molecule has 0 aliphatic rings. The van der Waals surface area contributed by atoms with Crippen LogP contribution in [-0.4, -0.2) is 30.3 Å². The van der Waals surface area contributed by atoms with Crippen LogP contribution in [0.4, 0.5) is 0 Å². The van der Waals surface area contributed by atoms with Gasteiger partial charge in [0.1, 0.15) is 10.8 Å². The molecule has 0 aliphatic heterocycles. The van der Waals surface area contributed by atoms with Gasteiger partial charge < -0.3 is 14.6 Å². The fraction of sp³-hybridized carbons (Fsp3) is 0.167. The van der Waals surface area contributed by atoms with Crippen LogP contribution in [0.5, 0.6) is 11.6 Å². The fourth-order valence-corrected chi connectivity index (χ4v) is 4.40. The van der Waals surface area contributed by atoms with Gasteiger partial charge in [0.25, 0.3) is 0 Å². The van der Waals surface area contributed by atoms with Crippen molar-refractivity contribution in [2.24, 2.45) is 0 Å². The van der Waals surface area contributed by atoms with Gasteiger partial charge in [-0.25, -0.2) is 9.78 Å². The Morgan fingerprint density at radius 1 is 1.00 bits per heavy atom. The molecule has 152 valence electrons. The molecule has 0 saturated heterocycles. The van der Waals surface area contributed by atoms with E-state index in [1.54, 1.807) is 31.4 Å². The predicted molar refractivity (Wildman–Crippen MR) is 119 cm³/mol. The summed E-state index contributed by atoms with van der Waals surface area (Å²) in [6, 6.07) is 19.2. The van der Waals surface area contributed by atoms with E-state index in [1.807, 2.05) is 18.2 Å². The summed E-state index contributed by atoms with van der Waals surface area (Å²) in [6.45, 7) is 2.08. The van der Waals surface area contributed by atoms with Crippen molar-refractivity contribution in [1.29, 1.82) is 0 Å². The first-order valence-corrected chi connectivity index (χ1v) is 10.3. The summed E-state index contributed by atoms with van der Waals surface area (Å²) >= 11 is 1.45. The Labute approximate surface area is 178 Å². The molecule has 0 spiro atoms. The number of fused-ring (bicyclic) bond motifs is 1. The number of benzene rings is 3. The molecule has 0 radical (unpaired) electrons. The lowest BCUT2D eigenvalue weighted by Gasteiger charge is -2.10. The number of carbonyl (C=O) groups excluding carboxylic acids is 1. The summed E-state index contributed by atoms with van der Waals surface area (Å²) in [4.78, 5) is 16.7. The lowest BCUT2D eigenvalue weighted by Crippen LogP contribution is -2.00. The number of hydrogen-bond acceptors (Lipinski definition) is 6. The van der Waals surface area contributed by atoms with Gasteiger partial charge in [0.2, 0.25) is 5.88 Å². The van der Waals surface area contributed by atoms with Crippen LogP contribution in [0, 0.1) is 0 Å². The molecule has 1 unspecified atom stereocenters. The van der Waals surface area contributed by atoms with Crippen molar-refractivity contribution in [3.8, 4) is 22.1 Å². The third-order valence-corrected chi connectivity index (χ3v) is 6.41. The largest absolute Gasteiger partial charge is 0.497 e. The quantitative estimate of drug-likeness (QED) is 0.426. The summed E-state index contributed by atoms with van der Waals surface area (Å²) in [5, 5.41) is 13.5. The third kappa shape index (κ3) is 3.74. The number of methoxy groups -OCH3 is 2. The van der Waals surface area contributed by atoms with Crippen molar-refractivity contribution in [1.82, 2.24) is 4.98 Å². The summed E-state index contributed by atoms with van der Waals surface area (Å²) in [6.07, 6.45) is 0. The van der Waals surface area contributed by atoms with E-state index in [0.29, 0.717) is 10.4 Å². The Hall–Kier alpha value is -3.38. The Morgan fingerprint density at radius 2 is 1.70 bits per heavy atom. The molecule has 1 aromatic heterocycles. The van der Waals surface area contributed by atoms with Gasteiger partial charge in [0.05, 0.1) is 24.7 Å². The number of esters is 1. The molecule has 5 nitrogen and oxygen atoms in total. The first kappa shape index (κ1) is 19.9. The highest BCUT2D eigenvalue weighted by Gasteiger charge is 2.19. The number of aromatic hydroxyl groups is 1. The van der Waals surface area contributed by atoms with E-state index in [4.69, 9.17) is 9.47 Å². The van der Waals surface area contributed by atoms with E-state index in [1.165, 1.54) is 18.4 Å². The highest BCUT2D eigenvalue weighted by molar-refractivity contribution is 7.15. The van der Waals surface area contributed by atoms with Gasteiger partial charge >= 0.3 is 5.97 Å². The highest BCUT2D eigenvalue weighted by Crippen LogP contribution is 2.40. The molecule has 3 aromatic carbocycles. The monoisotopic (exact) mass is 419 g/mol. The number of carbonyl (C=O) groups is 1. The molecule has 0 amide bonds. The summed E-state index contributed by atoms with van der Waals surface area (Å²) in [5.74, 6) is 0.461. The van der Waals surface area contributed by atoms with Crippen LogP contribution < -0.4 is 4.74 Å². The number of thiazole rings is 1. The van der Waals surface area contributed by atoms with Crippen LogP contribution in [0.2, 0.25) is 0 Å². The number of hydrogen-bond donors (Lipinski definition) is 1. The maximum atomic E-state index is 11.6. The van der Waals surface area contributed by atoms with E-state index in [9.17, 15) is 9.90 Å². The third-order valence-electron chi connectivity index (χ3n) is 5.14. The van der Waals surface area contributed by atoms with Crippen LogP contribution in [-0.2, 0) is 4.74 Å². The van der Waals surface area contributed by atoms with Gasteiger partial charge in [0, 0.05) is 5.92 Å². The van der Waals surface area contributed by atoms with Gasteiger partial charge in [-0.15, -0.1) is 11.3 Å². The molecule has 30 heavy (non-hydrogen) atoms. The van der Waals surface area contributed by atoms with Crippen molar-refractivity contribution in [3.05, 3.63) is 76.8 Å². The standard InChI is InChI=1S/C24H21NO4S/c1-14(17-8-9-19-13-20(28-2)11-10-18(19)12-17)23-25-22(26)21(30-23)15-4-6-16(7-5-15)24(27)29-3/h4-14,26H,1-3H3. The summed E-state index contributed by atoms with van der Waals surface area (Å²) in [7, 11) is 3.01. The SMILES string of the molecule is COC(=O)c1ccc(-c2sc(C(C)c3ccc4cc(OC)ccc4c3)nc2O)cc1. The van der Waals surface area contributed by atoms with Crippen LogP contribution in [0.3, 0.4) is 0 Å². The number of aromatic nitrogens is 1. The van der Waals surface area contributed by atoms with Gasteiger partial charge in [-0.05, 0) is 46.2 Å². The van der Waals surface area contributed by atoms with E-state index in [-0.39, 0.29) is 11.8 Å². The lowest BCUT2D eigenvalue weighted by atomic mass is 9.98. The second kappa shape index (κ2) is 8.16. The Morgan fingerprint density at radius 3 is 2.40 bits per heavy atom. The van der Waals surface area contributed by atoms with E-state index in [0.717, 1.165) is 32.7 Å². The zero-order chi connectivity index (χ0) is 21.3. The van der Waals surface area contributed by atoms with Crippen molar-refractivity contribution in [3.63, 3.8) is 0 Å². The van der Waals surface area contributed by atoms with Crippen LogP contribution >= 0.6 is 11.3 Å². The normalized spacial score (nSPS) is 12.0. The summed E-state index contributed by atoms with van der Waals surface area (Å²) < 4.78 is 10.0. The van der Waals surface area contributed by atoms with Gasteiger partial charge in [0.15, 0.2) is 0 Å². The first-order chi connectivity index (χ1) is 14.5. The molecule has 4 aromatic rings. The Balaban J connectivity index is 1.63. The molecule has 1 heterocycles. The minimum atomic E-state index is -0.390. The number of rotatable bonds is 5. The van der Waals surface area contributed by atoms with Crippen molar-refractivity contribution < 1.29 is 19.4 Å². The molecule has 0 aliphatic carbocycles. The number of nitrogens with zero attached hydrogens (tertiary/aromatic N) is 1. The summed E-state index contributed by atoms with van der Waals surface area (Å²) in [5.41, 5.74) is 2.39. The Bertz CT molecular complexity index is 1210. The van der Waals surface area contributed by atoms with Gasteiger partial charge in [-0.1, -0.05) is 43.3 Å². The fourth-order valence-electron chi connectivity index (χ4n) is 3.36. The molecule has 0 fully saturated rings. The topological polar surface area (TPSA) is 68.7 Å². The van der Waals surface area contributed by atoms with Crippen LogP contribution in [0.25, 0.3) is 21.2 Å². The van der Waals surface area contributed by atoms with Crippen molar-refractivity contribution in [2.75, 3.05) is 14.2 Å². The molecular weight excluding hydrogens is 398 g/mol. The van der Waals surface area contributed by atoms with Crippen LogP contribution in [0.1, 0.15) is 33.8 Å². The van der Waals surface area contributed by atoms with Crippen molar-refractivity contribution >= 4 is 28.1 Å². The zero-order valence-electron chi connectivity index (χ0n) is 16.9. The van der Waals surface area contributed by atoms with E-state index >= 15 is 0 Å². The average molecular weight is 420 g/mol. The maximum absolute atomic E-state index is 11.6. The van der Waals surface area contributed by atoms with E-state index < -0.39 is 5.97 Å². The molecule has 1 N–H and O–H groups in total.